The molecule has 0 saturated heterocycles. The van der Waals surface area contributed by atoms with Crippen molar-refractivity contribution < 1.29 is 0 Å². The minimum Gasteiger partial charge on any atom is -0.399 e. The predicted molar refractivity (Wildman–Crippen MR) is 58.3 cm³/mol. The first-order chi connectivity index (χ1) is 5.66. The van der Waals surface area contributed by atoms with Crippen LogP contribution in [-0.2, 0) is 0 Å². The lowest BCUT2D eigenvalue weighted by molar-refractivity contribution is 1.74. The Balaban J connectivity index is 2.88. The van der Waals surface area contributed by atoms with Crippen molar-refractivity contribution in [2.24, 2.45) is 0 Å². The lowest BCUT2D eigenvalue weighted by Crippen LogP contribution is -1.82. The van der Waals surface area contributed by atoms with Crippen LogP contribution in [0, 0.1) is 0 Å². The summed E-state index contributed by atoms with van der Waals surface area (Å²) in [4.78, 5) is 0. The third-order valence-corrected chi connectivity index (χ3v) is 3.20. The van der Waals surface area contributed by atoms with Crippen LogP contribution in [0.3, 0.4) is 0 Å². The molecular weight excluding hydrogens is 236 g/mol. The van der Waals surface area contributed by atoms with Crippen molar-refractivity contribution in [3.63, 3.8) is 0 Å². The Morgan fingerprint density at radius 1 is 1.17 bits per heavy atom. The summed E-state index contributed by atoms with van der Waals surface area (Å²) in [5.41, 5.74) is 12.1. The van der Waals surface area contributed by atoms with Gasteiger partial charge in [-0.05, 0) is 18.2 Å². The molecule has 0 aliphatic heterocycles. The molecule has 12 heavy (non-hydrogen) atoms. The van der Waals surface area contributed by atoms with Crippen LogP contribution in [0.5, 0.6) is 0 Å². The zero-order chi connectivity index (χ0) is 8.72. The number of hydrogen-bond acceptors (Lipinski definition) is 3. The zero-order valence-electron chi connectivity index (χ0n) is 6.17. The molecule has 0 amide bonds. The van der Waals surface area contributed by atoms with Crippen molar-refractivity contribution in [3.05, 3.63) is 22.7 Å². The highest BCUT2D eigenvalue weighted by molar-refractivity contribution is 9.10. The quantitative estimate of drug-likeness (QED) is 0.699. The van der Waals surface area contributed by atoms with Gasteiger partial charge in [-0.2, -0.15) is 0 Å². The number of nitrogens with two attached hydrogens (primary N) is 2. The molecule has 0 fully saturated rings. The molecule has 0 atom stereocenters. The maximum absolute atomic E-state index is 5.67. The number of hydrogen-bond donors (Lipinski definition) is 2. The average molecular weight is 243 g/mol. The van der Waals surface area contributed by atoms with Gasteiger partial charge >= 0.3 is 0 Å². The van der Waals surface area contributed by atoms with Crippen LogP contribution in [0.15, 0.2) is 22.7 Å². The van der Waals surface area contributed by atoms with Gasteiger partial charge in [-0.1, -0.05) is 15.9 Å². The first-order valence-corrected chi connectivity index (χ1v) is 5.02. The molecule has 1 heterocycles. The number of halogens is 1. The monoisotopic (exact) mass is 242 g/mol. The molecule has 4 heteroatoms. The maximum atomic E-state index is 5.67. The maximum Gasteiger partial charge on any atom is 0.0869 e. The Kier molecular flexibility index (Phi) is 1.73. The van der Waals surface area contributed by atoms with Crippen LogP contribution >= 0.6 is 27.3 Å². The fraction of sp³-hybridized carbons (Fsp3) is 0. The van der Waals surface area contributed by atoms with Crippen molar-refractivity contribution in [3.8, 4) is 0 Å². The minimum absolute atomic E-state index is 0.760. The molecule has 2 rings (SSSR count). The van der Waals surface area contributed by atoms with Crippen molar-refractivity contribution >= 4 is 48.0 Å². The van der Waals surface area contributed by atoms with Crippen LogP contribution in [0.2, 0.25) is 0 Å². The summed E-state index contributed by atoms with van der Waals surface area (Å²) in [6.07, 6.45) is 0. The van der Waals surface area contributed by atoms with E-state index in [0.717, 1.165) is 25.2 Å². The van der Waals surface area contributed by atoms with Crippen molar-refractivity contribution in [2.75, 3.05) is 11.5 Å². The summed E-state index contributed by atoms with van der Waals surface area (Å²) >= 11 is 4.98. The summed E-state index contributed by atoms with van der Waals surface area (Å²) in [6, 6.07) is 5.76. The van der Waals surface area contributed by atoms with E-state index in [9.17, 15) is 0 Å². The molecule has 62 valence electrons. The second-order valence-corrected chi connectivity index (χ2v) is 4.53. The van der Waals surface area contributed by atoms with E-state index in [-0.39, 0.29) is 0 Å². The fourth-order valence-electron chi connectivity index (χ4n) is 1.14. The Bertz CT molecular complexity index is 436. The van der Waals surface area contributed by atoms with E-state index in [1.54, 1.807) is 11.3 Å². The fourth-order valence-corrected chi connectivity index (χ4v) is 2.76. The lowest BCUT2D eigenvalue weighted by atomic mass is 10.2. The molecule has 0 aliphatic carbocycles. The average Bonchev–Trinajstić information content (AvgIpc) is 2.29. The van der Waals surface area contributed by atoms with E-state index < -0.39 is 0 Å². The van der Waals surface area contributed by atoms with Gasteiger partial charge in [-0.3, -0.25) is 0 Å². The van der Waals surface area contributed by atoms with Gasteiger partial charge in [-0.15, -0.1) is 11.3 Å². The summed E-state index contributed by atoms with van der Waals surface area (Å²) in [5.74, 6) is 0. The van der Waals surface area contributed by atoms with Crippen molar-refractivity contribution in [2.45, 2.75) is 0 Å². The molecule has 4 N–H and O–H groups in total. The van der Waals surface area contributed by atoms with Gasteiger partial charge in [-0.25, -0.2) is 0 Å². The molecule has 2 aromatic rings. The van der Waals surface area contributed by atoms with Gasteiger partial charge in [0.05, 0.1) is 5.00 Å². The highest BCUT2D eigenvalue weighted by Crippen LogP contribution is 2.34. The highest BCUT2D eigenvalue weighted by Gasteiger charge is 2.03. The molecule has 1 aromatic heterocycles. The number of rotatable bonds is 0. The molecule has 0 radical (unpaired) electrons. The summed E-state index contributed by atoms with van der Waals surface area (Å²) in [7, 11) is 0. The van der Waals surface area contributed by atoms with Crippen LogP contribution in [0.4, 0.5) is 10.7 Å². The number of thiophene rings is 1. The van der Waals surface area contributed by atoms with Gasteiger partial charge < -0.3 is 11.5 Å². The van der Waals surface area contributed by atoms with Gasteiger partial charge in [0.25, 0.3) is 0 Å². The third kappa shape index (κ3) is 1.17. The molecule has 0 saturated carbocycles. The van der Waals surface area contributed by atoms with Gasteiger partial charge in [0.1, 0.15) is 0 Å². The van der Waals surface area contributed by atoms with E-state index in [1.807, 2.05) is 18.2 Å². The molecule has 2 nitrogen and oxygen atoms in total. The smallest absolute Gasteiger partial charge is 0.0869 e. The first kappa shape index (κ1) is 7.89. The SMILES string of the molecule is Nc1cc(Br)c2cc(N)sc2c1. The second kappa shape index (κ2) is 2.64. The standard InChI is InChI=1S/C8H7BrN2S/c9-6-1-4(10)2-7-5(6)3-8(11)12-7/h1-3H,10-11H2. The number of fused-ring (bicyclic) bond motifs is 1. The second-order valence-electron chi connectivity index (χ2n) is 2.56. The first-order valence-electron chi connectivity index (χ1n) is 3.41. The topological polar surface area (TPSA) is 52.0 Å². The van der Waals surface area contributed by atoms with Crippen molar-refractivity contribution in [1.29, 1.82) is 0 Å². The zero-order valence-corrected chi connectivity index (χ0v) is 8.58. The van der Waals surface area contributed by atoms with E-state index in [1.165, 1.54) is 0 Å². The number of anilines is 2. The highest BCUT2D eigenvalue weighted by atomic mass is 79.9. The summed E-state index contributed by atoms with van der Waals surface area (Å²) in [6.45, 7) is 0. The lowest BCUT2D eigenvalue weighted by Gasteiger charge is -1.95. The normalized spacial score (nSPS) is 10.8. The molecule has 0 spiro atoms. The molecule has 0 unspecified atom stereocenters. The number of benzene rings is 1. The van der Waals surface area contributed by atoms with Crippen LogP contribution in [0.1, 0.15) is 0 Å². The van der Waals surface area contributed by atoms with E-state index >= 15 is 0 Å². The largest absolute Gasteiger partial charge is 0.399 e. The van der Waals surface area contributed by atoms with Gasteiger partial charge in [0, 0.05) is 20.2 Å². The van der Waals surface area contributed by atoms with Crippen LogP contribution < -0.4 is 11.5 Å². The summed E-state index contributed by atoms with van der Waals surface area (Å²) in [5, 5.41) is 1.95. The predicted octanol–water partition coefficient (Wildman–Crippen LogP) is 2.83. The Labute approximate surface area is 82.3 Å². The van der Waals surface area contributed by atoms with Crippen LogP contribution in [0.25, 0.3) is 10.1 Å². The number of nitrogen functional groups attached to an aromatic ring is 2. The van der Waals surface area contributed by atoms with Crippen molar-refractivity contribution in [1.82, 2.24) is 0 Å². The minimum atomic E-state index is 0.760. The third-order valence-electron chi connectivity index (χ3n) is 1.63. The van der Waals surface area contributed by atoms with Gasteiger partial charge in [0.2, 0.25) is 0 Å². The molecular formula is C8H7BrN2S. The Hall–Kier alpha value is -0.740. The van der Waals surface area contributed by atoms with Gasteiger partial charge in [0.15, 0.2) is 0 Å². The van der Waals surface area contributed by atoms with Crippen LogP contribution in [-0.4, -0.2) is 0 Å². The Morgan fingerprint density at radius 2 is 1.92 bits per heavy atom. The van der Waals surface area contributed by atoms with E-state index in [2.05, 4.69) is 15.9 Å². The van der Waals surface area contributed by atoms with E-state index in [4.69, 9.17) is 11.5 Å². The van der Waals surface area contributed by atoms with E-state index in [0.29, 0.717) is 0 Å². The summed E-state index contributed by atoms with van der Waals surface area (Å²) < 4.78 is 2.13. The molecule has 1 aromatic carbocycles. The molecule has 0 bridgehead atoms. The Morgan fingerprint density at radius 3 is 2.67 bits per heavy atom. The molecule has 0 aliphatic rings.